The monoisotopic (exact) mass is 221 g/mol. The van der Waals surface area contributed by atoms with E-state index in [2.05, 4.69) is 5.32 Å². The number of aryl methyl sites for hydroxylation is 1. The summed E-state index contributed by atoms with van der Waals surface area (Å²) in [6.07, 6.45) is 1.28. The molecule has 0 aliphatic rings. The van der Waals surface area contributed by atoms with Gasteiger partial charge in [-0.15, -0.1) is 0 Å². The minimum absolute atomic E-state index is 0.136. The Kier molecular flexibility index (Phi) is 5.40. The molecule has 88 valence electrons. The van der Waals surface area contributed by atoms with Crippen LogP contribution in [0.5, 0.6) is 0 Å². The molecule has 1 aromatic rings. The fourth-order valence-electron chi connectivity index (χ4n) is 1.36. The number of esters is 1. The van der Waals surface area contributed by atoms with E-state index in [0.717, 1.165) is 12.1 Å². The van der Waals surface area contributed by atoms with Crippen molar-refractivity contribution in [1.29, 1.82) is 0 Å². The molecular formula is C13H19NO2. The summed E-state index contributed by atoms with van der Waals surface area (Å²) in [7, 11) is 0. The molecule has 0 saturated carbocycles. The Morgan fingerprint density at radius 2 is 2.12 bits per heavy atom. The van der Waals surface area contributed by atoms with E-state index in [1.54, 1.807) is 0 Å². The van der Waals surface area contributed by atoms with Gasteiger partial charge in [-0.2, -0.15) is 0 Å². The Labute approximate surface area is 96.8 Å². The van der Waals surface area contributed by atoms with Gasteiger partial charge in [0.1, 0.15) is 0 Å². The standard InChI is InChI=1S/C13H19NO2/c1-3-10-16-13(15)8-9-14-12-7-5-4-6-11(12)2/h4-7,14H,3,8-10H2,1-2H3. The number of carbonyl (C=O) groups excluding carboxylic acids is 1. The number of hydrogen-bond donors (Lipinski definition) is 1. The Balaban J connectivity index is 2.25. The smallest absolute Gasteiger partial charge is 0.307 e. The van der Waals surface area contributed by atoms with Crippen molar-refractivity contribution in [2.24, 2.45) is 0 Å². The number of anilines is 1. The topological polar surface area (TPSA) is 38.3 Å². The van der Waals surface area contributed by atoms with Crippen LogP contribution in [0.1, 0.15) is 25.3 Å². The van der Waals surface area contributed by atoms with E-state index in [0.29, 0.717) is 19.6 Å². The first kappa shape index (κ1) is 12.6. The lowest BCUT2D eigenvalue weighted by Gasteiger charge is -2.08. The normalized spacial score (nSPS) is 9.88. The average Bonchev–Trinajstić information content (AvgIpc) is 2.29. The molecule has 0 spiro atoms. The molecule has 0 heterocycles. The number of hydrogen-bond acceptors (Lipinski definition) is 3. The van der Waals surface area contributed by atoms with Crippen LogP contribution in [-0.2, 0) is 9.53 Å². The highest BCUT2D eigenvalue weighted by Gasteiger charge is 2.02. The second-order valence-electron chi connectivity index (χ2n) is 3.71. The zero-order chi connectivity index (χ0) is 11.8. The number of carbonyl (C=O) groups is 1. The van der Waals surface area contributed by atoms with E-state index in [-0.39, 0.29) is 5.97 Å². The van der Waals surface area contributed by atoms with Crippen molar-refractivity contribution in [2.75, 3.05) is 18.5 Å². The predicted octanol–water partition coefficient (Wildman–Crippen LogP) is 2.75. The molecule has 1 rings (SSSR count). The molecule has 0 aliphatic carbocycles. The van der Waals surface area contributed by atoms with Crippen molar-refractivity contribution in [3.05, 3.63) is 29.8 Å². The summed E-state index contributed by atoms with van der Waals surface area (Å²) in [6.45, 7) is 5.16. The predicted molar refractivity (Wildman–Crippen MR) is 65.5 cm³/mol. The zero-order valence-corrected chi connectivity index (χ0v) is 9.95. The van der Waals surface area contributed by atoms with Gasteiger partial charge in [-0.25, -0.2) is 0 Å². The van der Waals surface area contributed by atoms with Gasteiger partial charge in [-0.3, -0.25) is 4.79 Å². The van der Waals surface area contributed by atoms with Crippen molar-refractivity contribution in [3.63, 3.8) is 0 Å². The SMILES string of the molecule is CCCOC(=O)CCNc1ccccc1C. The van der Waals surface area contributed by atoms with Crippen molar-refractivity contribution in [3.8, 4) is 0 Å². The Morgan fingerprint density at radius 1 is 1.38 bits per heavy atom. The van der Waals surface area contributed by atoms with Gasteiger partial charge in [0.25, 0.3) is 0 Å². The first-order valence-corrected chi connectivity index (χ1v) is 5.69. The Bertz CT molecular complexity index is 336. The van der Waals surface area contributed by atoms with Crippen LogP contribution < -0.4 is 5.32 Å². The van der Waals surface area contributed by atoms with Gasteiger partial charge in [0, 0.05) is 12.2 Å². The summed E-state index contributed by atoms with van der Waals surface area (Å²) in [6, 6.07) is 8.02. The van der Waals surface area contributed by atoms with Crippen LogP contribution in [0.2, 0.25) is 0 Å². The van der Waals surface area contributed by atoms with Gasteiger partial charge in [-0.05, 0) is 25.0 Å². The van der Waals surface area contributed by atoms with Crippen molar-refractivity contribution < 1.29 is 9.53 Å². The highest BCUT2D eigenvalue weighted by atomic mass is 16.5. The minimum atomic E-state index is -0.136. The van der Waals surface area contributed by atoms with Gasteiger partial charge < -0.3 is 10.1 Å². The minimum Gasteiger partial charge on any atom is -0.466 e. The molecular weight excluding hydrogens is 202 g/mol. The third kappa shape index (κ3) is 4.34. The molecule has 0 saturated heterocycles. The van der Waals surface area contributed by atoms with Crippen LogP contribution in [-0.4, -0.2) is 19.1 Å². The van der Waals surface area contributed by atoms with Crippen LogP contribution in [0.15, 0.2) is 24.3 Å². The van der Waals surface area contributed by atoms with E-state index < -0.39 is 0 Å². The summed E-state index contributed by atoms with van der Waals surface area (Å²) < 4.78 is 4.98. The molecule has 0 aromatic heterocycles. The molecule has 0 aliphatic heterocycles. The van der Waals surface area contributed by atoms with Crippen LogP contribution in [0.4, 0.5) is 5.69 Å². The van der Waals surface area contributed by atoms with E-state index in [9.17, 15) is 4.79 Å². The molecule has 3 heteroatoms. The Morgan fingerprint density at radius 3 is 2.81 bits per heavy atom. The van der Waals surface area contributed by atoms with E-state index in [1.165, 1.54) is 5.56 Å². The lowest BCUT2D eigenvalue weighted by atomic mass is 10.2. The van der Waals surface area contributed by atoms with Crippen molar-refractivity contribution in [1.82, 2.24) is 0 Å². The number of rotatable bonds is 6. The molecule has 0 amide bonds. The summed E-state index contributed by atoms with van der Waals surface area (Å²) >= 11 is 0. The summed E-state index contributed by atoms with van der Waals surface area (Å²) in [5.74, 6) is -0.136. The Hall–Kier alpha value is -1.51. The summed E-state index contributed by atoms with van der Waals surface area (Å²) in [5.41, 5.74) is 2.26. The maximum absolute atomic E-state index is 11.2. The largest absolute Gasteiger partial charge is 0.466 e. The van der Waals surface area contributed by atoms with E-state index in [4.69, 9.17) is 4.74 Å². The fourth-order valence-corrected chi connectivity index (χ4v) is 1.36. The second-order valence-corrected chi connectivity index (χ2v) is 3.71. The third-order valence-corrected chi connectivity index (χ3v) is 2.26. The number of nitrogens with one attached hydrogen (secondary N) is 1. The van der Waals surface area contributed by atoms with Crippen LogP contribution in [0.3, 0.4) is 0 Å². The van der Waals surface area contributed by atoms with Crippen molar-refractivity contribution >= 4 is 11.7 Å². The van der Waals surface area contributed by atoms with Gasteiger partial charge in [0.05, 0.1) is 13.0 Å². The van der Waals surface area contributed by atoms with Crippen LogP contribution in [0.25, 0.3) is 0 Å². The first-order valence-electron chi connectivity index (χ1n) is 5.69. The molecule has 0 bridgehead atoms. The highest BCUT2D eigenvalue weighted by molar-refractivity contribution is 5.70. The lowest BCUT2D eigenvalue weighted by molar-refractivity contribution is -0.143. The summed E-state index contributed by atoms with van der Waals surface area (Å²) in [4.78, 5) is 11.2. The van der Waals surface area contributed by atoms with Crippen LogP contribution >= 0.6 is 0 Å². The van der Waals surface area contributed by atoms with Crippen molar-refractivity contribution in [2.45, 2.75) is 26.7 Å². The zero-order valence-electron chi connectivity index (χ0n) is 9.95. The average molecular weight is 221 g/mol. The molecule has 1 N–H and O–H groups in total. The number of benzene rings is 1. The van der Waals surface area contributed by atoms with E-state index in [1.807, 2.05) is 38.1 Å². The molecule has 16 heavy (non-hydrogen) atoms. The second kappa shape index (κ2) is 6.88. The maximum atomic E-state index is 11.2. The molecule has 0 unspecified atom stereocenters. The lowest BCUT2D eigenvalue weighted by Crippen LogP contribution is -2.12. The molecule has 0 atom stereocenters. The third-order valence-electron chi connectivity index (χ3n) is 2.26. The van der Waals surface area contributed by atoms with E-state index >= 15 is 0 Å². The first-order chi connectivity index (χ1) is 7.74. The van der Waals surface area contributed by atoms with Gasteiger partial charge in [0.15, 0.2) is 0 Å². The molecule has 3 nitrogen and oxygen atoms in total. The quantitative estimate of drug-likeness (QED) is 0.751. The molecule has 1 aromatic carbocycles. The highest BCUT2D eigenvalue weighted by Crippen LogP contribution is 2.12. The van der Waals surface area contributed by atoms with Gasteiger partial charge >= 0.3 is 5.97 Å². The maximum Gasteiger partial charge on any atom is 0.307 e. The number of ether oxygens (including phenoxy) is 1. The molecule has 0 radical (unpaired) electrons. The van der Waals surface area contributed by atoms with Gasteiger partial charge in [-0.1, -0.05) is 25.1 Å². The molecule has 0 fully saturated rings. The summed E-state index contributed by atoms with van der Waals surface area (Å²) in [5, 5.41) is 3.22. The van der Waals surface area contributed by atoms with Gasteiger partial charge in [0.2, 0.25) is 0 Å². The number of para-hydroxylation sites is 1. The fraction of sp³-hybridized carbons (Fsp3) is 0.462. The van der Waals surface area contributed by atoms with Crippen LogP contribution in [0, 0.1) is 6.92 Å².